The molecule has 0 unspecified atom stereocenters. The quantitative estimate of drug-likeness (QED) is 0.622. The largest absolute Gasteiger partial charge is 0.505 e. The van der Waals surface area contributed by atoms with Gasteiger partial charge in [0.1, 0.15) is 9.45 Å². The Bertz CT molecular complexity index is 273. The Morgan fingerprint density at radius 3 is 2.82 bits per heavy atom. The molecular formula is C8H10INO. The third-order valence-corrected chi connectivity index (χ3v) is 2.43. The van der Waals surface area contributed by atoms with Crippen molar-refractivity contribution in [2.24, 2.45) is 0 Å². The average molecular weight is 263 g/mol. The van der Waals surface area contributed by atoms with Gasteiger partial charge in [0.15, 0.2) is 0 Å². The van der Waals surface area contributed by atoms with Gasteiger partial charge in [-0.05, 0) is 47.6 Å². The standard InChI is InChI=1S/C8H10INO/c1-3-6-4-7(11)8(9)10-5(6)2/h4,11H,3H2,1-2H3. The first-order valence-corrected chi connectivity index (χ1v) is 4.58. The summed E-state index contributed by atoms with van der Waals surface area (Å²) in [6.07, 6.45) is 0.920. The summed E-state index contributed by atoms with van der Waals surface area (Å²) in [5, 5.41) is 9.29. The van der Waals surface area contributed by atoms with Crippen LogP contribution in [0.4, 0.5) is 0 Å². The molecule has 1 aromatic rings. The minimum atomic E-state index is 0.285. The van der Waals surface area contributed by atoms with Crippen molar-refractivity contribution in [1.82, 2.24) is 4.98 Å². The number of nitrogens with zero attached hydrogens (tertiary/aromatic N) is 1. The molecule has 60 valence electrons. The molecule has 0 amide bonds. The van der Waals surface area contributed by atoms with Gasteiger partial charge in [-0.15, -0.1) is 0 Å². The molecule has 0 atom stereocenters. The smallest absolute Gasteiger partial charge is 0.147 e. The molecule has 2 nitrogen and oxygen atoms in total. The Labute approximate surface area is 79.8 Å². The lowest BCUT2D eigenvalue weighted by Crippen LogP contribution is -1.93. The summed E-state index contributed by atoms with van der Waals surface area (Å²) in [6.45, 7) is 4.01. The summed E-state index contributed by atoms with van der Waals surface area (Å²) in [6, 6.07) is 1.78. The molecule has 0 radical (unpaired) electrons. The fraction of sp³-hybridized carbons (Fsp3) is 0.375. The lowest BCUT2D eigenvalue weighted by Gasteiger charge is -2.03. The van der Waals surface area contributed by atoms with E-state index < -0.39 is 0 Å². The van der Waals surface area contributed by atoms with Gasteiger partial charge in [-0.3, -0.25) is 0 Å². The number of aryl methyl sites for hydroxylation is 2. The second kappa shape index (κ2) is 3.38. The number of aromatic nitrogens is 1. The minimum Gasteiger partial charge on any atom is -0.505 e. The maximum absolute atomic E-state index is 9.29. The summed E-state index contributed by atoms with van der Waals surface area (Å²) in [4.78, 5) is 4.18. The summed E-state index contributed by atoms with van der Waals surface area (Å²) in [5.41, 5.74) is 2.12. The zero-order chi connectivity index (χ0) is 8.43. The normalized spacial score (nSPS) is 10.1. The molecule has 3 heteroatoms. The lowest BCUT2D eigenvalue weighted by molar-refractivity contribution is 0.466. The van der Waals surface area contributed by atoms with Crippen LogP contribution in [-0.4, -0.2) is 10.1 Å². The van der Waals surface area contributed by atoms with E-state index >= 15 is 0 Å². The van der Waals surface area contributed by atoms with Gasteiger partial charge in [0, 0.05) is 5.69 Å². The van der Waals surface area contributed by atoms with Crippen molar-refractivity contribution in [2.75, 3.05) is 0 Å². The zero-order valence-electron chi connectivity index (χ0n) is 6.56. The highest BCUT2D eigenvalue weighted by atomic mass is 127. The predicted octanol–water partition coefficient (Wildman–Crippen LogP) is 2.26. The van der Waals surface area contributed by atoms with Crippen molar-refractivity contribution in [2.45, 2.75) is 20.3 Å². The van der Waals surface area contributed by atoms with E-state index in [1.165, 1.54) is 0 Å². The van der Waals surface area contributed by atoms with E-state index in [1.807, 2.05) is 29.5 Å². The number of hydrogen-bond acceptors (Lipinski definition) is 2. The van der Waals surface area contributed by atoms with E-state index in [0.717, 1.165) is 17.7 Å². The van der Waals surface area contributed by atoms with Gasteiger partial charge in [0.25, 0.3) is 0 Å². The summed E-state index contributed by atoms with van der Waals surface area (Å²) < 4.78 is 0.678. The van der Waals surface area contributed by atoms with Gasteiger partial charge in [-0.2, -0.15) is 0 Å². The van der Waals surface area contributed by atoms with Crippen LogP contribution >= 0.6 is 22.6 Å². The fourth-order valence-corrected chi connectivity index (χ4v) is 1.48. The SMILES string of the molecule is CCc1cc(O)c(I)nc1C. The fourth-order valence-electron chi connectivity index (χ4n) is 0.963. The molecule has 0 aromatic carbocycles. The van der Waals surface area contributed by atoms with Crippen LogP contribution in [0.1, 0.15) is 18.2 Å². The number of pyridine rings is 1. The second-order valence-corrected chi connectivity index (χ2v) is 3.42. The molecule has 11 heavy (non-hydrogen) atoms. The number of hydrogen-bond donors (Lipinski definition) is 1. The second-order valence-electron chi connectivity index (χ2n) is 2.40. The van der Waals surface area contributed by atoms with E-state index in [4.69, 9.17) is 0 Å². The van der Waals surface area contributed by atoms with Crippen molar-refractivity contribution >= 4 is 22.6 Å². The molecule has 0 saturated carbocycles. The Hall–Kier alpha value is -0.320. The topological polar surface area (TPSA) is 33.1 Å². The molecule has 0 aliphatic carbocycles. The van der Waals surface area contributed by atoms with E-state index in [2.05, 4.69) is 11.9 Å². The van der Waals surface area contributed by atoms with Crippen LogP contribution in [0.25, 0.3) is 0 Å². The molecule has 1 aromatic heterocycles. The van der Waals surface area contributed by atoms with E-state index in [0.29, 0.717) is 3.70 Å². The Morgan fingerprint density at radius 2 is 2.27 bits per heavy atom. The van der Waals surface area contributed by atoms with Crippen LogP contribution in [-0.2, 0) is 6.42 Å². The van der Waals surface area contributed by atoms with Gasteiger partial charge >= 0.3 is 0 Å². The highest BCUT2D eigenvalue weighted by molar-refractivity contribution is 14.1. The third kappa shape index (κ3) is 1.83. The molecule has 0 bridgehead atoms. The van der Waals surface area contributed by atoms with Crippen molar-refractivity contribution in [3.05, 3.63) is 21.0 Å². The molecule has 0 spiro atoms. The molecule has 0 fully saturated rings. The van der Waals surface area contributed by atoms with Crippen LogP contribution < -0.4 is 0 Å². The first kappa shape index (κ1) is 8.77. The van der Waals surface area contributed by atoms with Gasteiger partial charge in [0.2, 0.25) is 0 Å². The van der Waals surface area contributed by atoms with Crippen molar-refractivity contribution < 1.29 is 5.11 Å². The van der Waals surface area contributed by atoms with E-state index in [1.54, 1.807) is 6.07 Å². The van der Waals surface area contributed by atoms with Crippen LogP contribution in [0.15, 0.2) is 6.07 Å². The maximum atomic E-state index is 9.29. The van der Waals surface area contributed by atoms with Gasteiger partial charge in [-0.1, -0.05) is 6.92 Å². The number of halogens is 1. The maximum Gasteiger partial charge on any atom is 0.147 e. The lowest BCUT2D eigenvalue weighted by atomic mass is 10.1. The zero-order valence-corrected chi connectivity index (χ0v) is 8.71. The van der Waals surface area contributed by atoms with Crippen molar-refractivity contribution in [3.8, 4) is 5.75 Å². The van der Waals surface area contributed by atoms with Crippen molar-refractivity contribution in [1.29, 1.82) is 0 Å². The molecule has 0 saturated heterocycles. The average Bonchev–Trinajstić information content (AvgIpc) is 1.97. The van der Waals surface area contributed by atoms with Crippen LogP contribution in [0.2, 0.25) is 0 Å². The van der Waals surface area contributed by atoms with Gasteiger partial charge in [-0.25, -0.2) is 4.98 Å². The molecule has 0 aliphatic rings. The van der Waals surface area contributed by atoms with E-state index in [9.17, 15) is 5.11 Å². The third-order valence-electron chi connectivity index (χ3n) is 1.63. The molecular weight excluding hydrogens is 253 g/mol. The van der Waals surface area contributed by atoms with Crippen molar-refractivity contribution in [3.63, 3.8) is 0 Å². The first-order valence-electron chi connectivity index (χ1n) is 3.50. The monoisotopic (exact) mass is 263 g/mol. The Morgan fingerprint density at radius 1 is 1.64 bits per heavy atom. The van der Waals surface area contributed by atoms with E-state index in [-0.39, 0.29) is 5.75 Å². The number of rotatable bonds is 1. The predicted molar refractivity (Wildman–Crippen MR) is 52.7 cm³/mol. The molecule has 0 aliphatic heterocycles. The van der Waals surface area contributed by atoms with Gasteiger partial charge in [0.05, 0.1) is 0 Å². The summed E-state index contributed by atoms with van der Waals surface area (Å²) >= 11 is 2.02. The highest BCUT2D eigenvalue weighted by Gasteiger charge is 2.03. The minimum absolute atomic E-state index is 0.285. The number of aromatic hydroxyl groups is 1. The molecule has 1 heterocycles. The van der Waals surface area contributed by atoms with Crippen LogP contribution in [0.3, 0.4) is 0 Å². The summed E-state index contributed by atoms with van der Waals surface area (Å²) in [7, 11) is 0. The Balaban J connectivity index is 3.21. The first-order chi connectivity index (χ1) is 5.15. The van der Waals surface area contributed by atoms with Crippen LogP contribution in [0, 0.1) is 10.6 Å². The Kier molecular flexibility index (Phi) is 2.70. The molecule has 1 N–H and O–H groups in total. The van der Waals surface area contributed by atoms with Crippen LogP contribution in [0.5, 0.6) is 5.75 Å². The summed E-state index contributed by atoms with van der Waals surface area (Å²) in [5.74, 6) is 0.285. The molecule has 1 rings (SSSR count). The van der Waals surface area contributed by atoms with Gasteiger partial charge < -0.3 is 5.11 Å². The highest BCUT2D eigenvalue weighted by Crippen LogP contribution is 2.20.